The van der Waals surface area contributed by atoms with Gasteiger partial charge in [-0.25, -0.2) is 14.4 Å². The van der Waals surface area contributed by atoms with E-state index in [1.165, 1.54) is 66.4 Å². The van der Waals surface area contributed by atoms with Crippen LogP contribution in [0.3, 0.4) is 0 Å². The second-order valence-electron chi connectivity index (χ2n) is 18.9. The maximum atomic E-state index is 11.7. The van der Waals surface area contributed by atoms with E-state index in [4.69, 9.17) is 19.2 Å². The third-order valence-corrected chi connectivity index (χ3v) is 17.9. The first kappa shape index (κ1) is 58.2. The number of benzene rings is 6. The van der Waals surface area contributed by atoms with Crippen LogP contribution in [0.15, 0.2) is 113 Å². The molecule has 10 rings (SSSR count). The minimum absolute atomic E-state index is 0.00844. The Morgan fingerprint density at radius 3 is 1.27 bits per heavy atom. The molecule has 1 fully saturated rings. The van der Waals surface area contributed by atoms with Crippen molar-refractivity contribution >= 4 is 132 Å². The molecule has 6 aromatic carbocycles. The Kier molecular flexibility index (Phi) is 17.9. The molecule has 0 unspecified atom stereocenters. The van der Waals surface area contributed by atoms with Crippen molar-refractivity contribution in [2.45, 2.75) is 59.7 Å². The molecule has 14 nitrogen and oxygen atoms in total. The molecule has 9 aromatic rings. The highest BCUT2D eigenvalue weighted by Crippen LogP contribution is 2.39. The van der Waals surface area contributed by atoms with E-state index in [0.717, 1.165) is 68.4 Å². The zero-order valence-electron chi connectivity index (χ0n) is 43.7. The van der Waals surface area contributed by atoms with Crippen molar-refractivity contribution in [3.8, 4) is 38.1 Å². The van der Waals surface area contributed by atoms with Crippen LogP contribution in [0.2, 0.25) is 0 Å². The van der Waals surface area contributed by atoms with Crippen molar-refractivity contribution < 1.29 is 68.0 Å². The second-order valence-corrected chi connectivity index (χ2v) is 23.4. The molecule has 0 atom stereocenters. The highest BCUT2D eigenvalue weighted by molar-refractivity contribution is 9.11. The summed E-state index contributed by atoms with van der Waals surface area (Å²) in [6.07, 6.45) is 1.96. The topological polar surface area (TPSA) is 220 Å². The van der Waals surface area contributed by atoms with Crippen LogP contribution >= 0.6 is 49.9 Å². The van der Waals surface area contributed by atoms with Crippen molar-refractivity contribution in [1.82, 2.24) is 0 Å². The van der Waals surface area contributed by atoms with Gasteiger partial charge in [0.15, 0.2) is 18.9 Å². The molecule has 0 bridgehead atoms. The molecular weight excluding hydrogens is 1120 g/mol. The van der Waals surface area contributed by atoms with Gasteiger partial charge in [0.05, 0.1) is 45.9 Å². The number of carbonyl (C=O) groups is 6. The van der Waals surface area contributed by atoms with Gasteiger partial charge in [0.2, 0.25) is 0 Å². The van der Waals surface area contributed by atoms with E-state index >= 15 is 0 Å². The summed E-state index contributed by atoms with van der Waals surface area (Å²) >= 11 is 7.31. The number of aromatic hydroxyl groups is 3. The van der Waals surface area contributed by atoms with E-state index < -0.39 is 24.3 Å². The lowest BCUT2D eigenvalue weighted by atomic mass is 9.78. The fourth-order valence-electron chi connectivity index (χ4n) is 8.33. The molecule has 1 saturated heterocycles. The van der Waals surface area contributed by atoms with Crippen LogP contribution in [0.25, 0.3) is 53.2 Å². The number of phenolic OH excluding ortho intramolecular Hbond substituents is 3. The molecule has 19 heteroatoms. The first-order valence-electron chi connectivity index (χ1n) is 23.8. The summed E-state index contributed by atoms with van der Waals surface area (Å²) in [5.41, 5.74) is 5.76. The molecule has 0 saturated carbocycles. The van der Waals surface area contributed by atoms with Gasteiger partial charge >= 0.3 is 25.0 Å². The number of fused-ring (bicyclic) bond motifs is 3. The number of esters is 2. The highest BCUT2D eigenvalue weighted by Gasteiger charge is 2.51. The fourth-order valence-corrected chi connectivity index (χ4v) is 11.9. The molecule has 4 heterocycles. The van der Waals surface area contributed by atoms with Crippen LogP contribution in [0, 0.1) is 20.8 Å². The van der Waals surface area contributed by atoms with Gasteiger partial charge in [0, 0.05) is 9.75 Å². The zero-order valence-corrected chi connectivity index (χ0v) is 47.7. The Bertz CT molecular complexity index is 3780. The number of ether oxygens (including phenoxy) is 2. The predicted octanol–water partition coefficient (Wildman–Crippen LogP) is 13.5. The quantitative estimate of drug-likeness (QED) is 0.0600. The van der Waals surface area contributed by atoms with Crippen LogP contribution in [0.1, 0.15) is 104 Å². The third kappa shape index (κ3) is 12.3. The number of carboxylic acid groups (broad SMARTS) is 1. The van der Waals surface area contributed by atoms with E-state index in [-0.39, 0.29) is 40.3 Å². The van der Waals surface area contributed by atoms with Crippen LogP contribution in [-0.2, 0) is 18.8 Å². The van der Waals surface area contributed by atoms with Crippen molar-refractivity contribution in [3.63, 3.8) is 0 Å². The summed E-state index contributed by atoms with van der Waals surface area (Å²) < 4.78 is 22.4. The lowest BCUT2D eigenvalue weighted by molar-refractivity contribution is 0.00578. The lowest BCUT2D eigenvalue weighted by Crippen LogP contribution is -2.41. The number of halogens is 1. The van der Waals surface area contributed by atoms with Gasteiger partial charge in [0.25, 0.3) is 0 Å². The van der Waals surface area contributed by atoms with Gasteiger partial charge in [-0.1, -0.05) is 60.7 Å². The van der Waals surface area contributed by atoms with E-state index in [2.05, 4.69) is 20.7 Å². The summed E-state index contributed by atoms with van der Waals surface area (Å²) in [7, 11) is 2.30. The maximum Gasteiger partial charge on any atom is 0.494 e. The lowest BCUT2D eigenvalue weighted by Gasteiger charge is -2.32. The highest BCUT2D eigenvalue weighted by atomic mass is 79.9. The number of hydrogen-bond acceptors (Lipinski definition) is 16. The van der Waals surface area contributed by atoms with Gasteiger partial charge in [-0.15, -0.1) is 34.0 Å². The van der Waals surface area contributed by atoms with Crippen LogP contribution in [-0.4, -0.2) is 89.7 Å². The van der Waals surface area contributed by atoms with Crippen molar-refractivity contribution in [2.24, 2.45) is 0 Å². The molecule has 0 radical (unpaired) electrons. The van der Waals surface area contributed by atoms with Gasteiger partial charge in [-0.2, -0.15) is 0 Å². The summed E-state index contributed by atoms with van der Waals surface area (Å²) in [6, 6.07) is 31.8. The Balaban J connectivity index is 0.000000155. The number of phenols is 3. The minimum atomic E-state index is -0.937. The van der Waals surface area contributed by atoms with Crippen LogP contribution in [0.4, 0.5) is 0 Å². The summed E-state index contributed by atoms with van der Waals surface area (Å²) in [5, 5.41) is 42.9. The number of aldehydes is 3. The molecular formula is C59H52BBrO14S3. The fraction of sp³-hybridized carbons (Fsp3) is 0.186. The number of methoxy groups -OCH3 is 2. The molecule has 1 aliphatic rings. The Hall–Kier alpha value is -7.52. The first-order valence-corrected chi connectivity index (χ1v) is 27.1. The van der Waals surface area contributed by atoms with E-state index in [1.807, 2.05) is 103 Å². The molecule has 3 aromatic heterocycles. The normalized spacial score (nSPS) is 13.1. The Morgan fingerprint density at radius 1 is 0.526 bits per heavy atom. The predicted molar refractivity (Wildman–Crippen MR) is 311 cm³/mol. The average molecular weight is 1170 g/mol. The number of carboxylic acids is 1. The zero-order chi connectivity index (χ0) is 57.0. The minimum Gasteiger partial charge on any atom is -0.507 e. The summed E-state index contributed by atoms with van der Waals surface area (Å²) in [6.45, 7) is 13.8. The van der Waals surface area contributed by atoms with Gasteiger partial charge < -0.3 is 39.2 Å². The smallest absolute Gasteiger partial charge is 0.494 e. The van der Waals surface area contributed by atoms with Crippen molar-refractivity contribution in [3.05, 3.63) is 161 Å². The van der Waals surface area contributed by atoms with Crippen molar-refractivity contribution in [2.75, 3.05) is 14.2 Å². The first-order chi connectivity index (χ1) is 36.9. The molecule has 4 N–H and O–H groups in total. The maximum absolute atomic E-state index is 11.7. The monoisotopic (exact) mass is 1170 g/mol. The standard InChI is InChI=1S/C18H14O4S.C17H19BO4.C17H12O4S.C7H7BrO2S/c1-10-7-16(18(21)22-2)23-17(10)12-3-5-13-11(8-12)4-6-15(20)14(13)9-19;1-16(2)17(3,4)22-18(21-16)12-6-7-13-11(9-12)5-8-15(20)14(13)10-19;1-9-6-15(17(20)21)22-16(9)11-2-4-12-10(7-11)3-5-14(19)13(12)8-18;1-4-3-5(7(9)10-2)11-6(4)8/h3-9,20H,1-2H3;5-10,20H,1-4H3;2-8,19H,1H3,(H,20,21);3H,1-2H3. The SMILES string of the molecule is CC1(C)OB(c2ccc3c(C=O)c(O)ccc3c2)OC1(C)C.COC(=O)c1cc(C)c(-c2ccc3c(C=O)c(O)ccc3c2)s1.COC(=O)c1cc(C)c(Br)s1.Cc1cc(C(=O)O)sc1-c1ccc2c(C=O)c(O)ccc2c1. The largest absolute Gasteiger partial charge is 0.507 e. The molecule has 0 amide bonds. The van der Waals surface area contributed by atoms with Crippen LogP contribution in [0.5, 0.6) is 17.2 Å². The van der Waals surface area contributed by atoms with Gasteiger partial charge in [-0.05, 0) is 179 Å². The molecule has 1 aliphatic heterocycles. The van der Waals surface area contributed by atoms with E-state index in [1.54, 1.807) is 36.4 Å². The van der Waals surface area contributed by atoms with E-state index in [0.29, 0.717) is 49.8 Å². The molecule has 0 aliphatic carbocycles. The average Bonchev–Trinajstić information content (AvgIpc) is 4.31. The second kappa shape index (κ2) is 24.0. The number of hydrogen-bond donors (Lipinski definition) is 4. The molecule has 0 spiro atoms. The van der Waals surface area contributed by atoms with Crippen molar-refractivity contribution in [1.29, 1.82) is 0 Å². The third-order valence-electron chi connectivity index (χ3n) is 13.2. The number of aryl methyl sites for hydroxylation is 3. The Morgan fingerprint density at radius 2 is 0.897 bits per heavy atom. The van der Waals surface area contributed by atoms with Gasteiger partial charge in [0.1, 0.15) is 31.9 Å². The molecule has 78 heavy (non-hydrogen) atoms. The number of thiophene rings is 3. The summed E-state index contributed by atoms with van der Waals surface area (Å²) in [4.78, 5) is 70.4. The van der Waals surface area contributed by atoms with Crippen LogP contribution < -0.4 is 5.46 Å². The van der Waals surface area contributed by atoms with E-state index in [9.17, 15) is 44.1 Å². The summed E-state index contributed by atoms with van der Waals surface area (Å²) in [5.74, 6) is -1.64. The number of carbonyl (C=O) groups excluding carboxylic acids is 5. The number of aromatic carboxylic acids is 1. The van der Waals surface area contributed by atoms with Gasteiger partial charge in [-0.3, -0.25) is 14.4 Å². The Labute approximate surface area is 469 Å². The molecule has 400 valence electrons. The number of rotatable bonds is 9.